The maximum absolute atomic E-state index is 11.5. The van der Waals surface area contributed by atoms with Crippen LogP contribution in [0.25, 0.3) is 0 Å². The van der Waals surface area contributed by atoms with Crippen molar-refractivity contribution in [1.82, 2.24) is 5.32 Å². The van der Waals surface area contributed by atoms with Gasteiger partial charge in [0.15, 0.2) is 0 Å². The first kappa shape index (κ1) is 15.3. The summed E-state index contributed by atoms with van der Waals surface area (Å²) in [6, 6.07) is 7.40. The van der Waals surface area contributed by atoms with E-state index in [0.29, 0.717) is 6.54 Å². The number of nitrogens with one attached hydrogen (secondary N) is 1. The molecule has 1 saturated carbocycles. The fourth-order valence-corrected chi connectivity index (χ4v) is 2.14. The van der Waals surface area contributed by atoms with Crippen LogP contribution in [0.5, 0.6) is 0 Å². The Bertz CT molecular complexity index is 431. The van der Waals surface area contributed by atoms with E-state index in [4.69, 9.17) is 17.3 Å². The lowest BCUT2D eigenvalue weighted by atomic mass is 9.96. The highest BCUT2D eigenvalue weighted by Crippen LogP contribution is 2.48. The van der Waals surface area contributed by atoms with Crippen molar-refractivity contribution in [3.63, 3.8) is 0 Å². The van der Waals surface area contributed by atoms with E-state index < -0.39 is 6.04 Å². The minimum absolute atomic E-state index is 0. The molecule has 0 bridgehead atoms. The highest BCUT2D eigenvalue weighted by atomic mass is 35.5. The standard InChI is InChI=1S/C13H17ClN2O.ClH/c1-9(15)12(17)16-8-13(5-6-13)10-3-2-4-11(14)7-10;/h2-4,7,9H,5-6,8,15H2,1H3,(H,16,17);1H/t9-;/m1./s1. The molecular formula is C13H18Cl2N2O. The van der Waals surface area contributed by atoms with E-state index in [-0.39, 0.29) is 23.7 Å². The molecule has 1 amide bonds. The van der Waals surface area contributed by atoms with Crippen LogP contribution in [0, 0.1) is 0 Å². The summed E-state index contributed by atoms with van der Waals surface area (Å²) in [5.41, 5.74) is 6.80. The molecule has 0 aromatic heterocycles. The second-order valence-electron chi connectivity index (χ2n) is 4.80. The second kappa shape index (κ2) is 5.91. The van der Waals surface area contributed by atoms with Crippen LogP contribution in [0.15, 0.2) is 24.3 Å². The Morgan fingerprint density at radius 1 is 1.56 bits per heavy atom. The lowest BCUT2D eigenvalue weighted by Crippen LogP contribution is -2.41. The van der Waals surface area contributed by atoms with Crippen LogP contribution >= 0.6 is 24.0 Å². The molecule has 0 radical (unpaired) electrons. The fourth-order valence-electron chi connectivity index (χ4n) is 1.95. The van der Waals surface area contributed by atoms with Crippen molar-refractivity contribution in [3.05, 3.63) is 34.9 Å². The molecule has 18 heavy (non-hydrogen) atoms. The third kappa shape index (κ3) is 3.37. The number of carbonyl (C=O) groups is 1. The summed E-state index contributed by atoms with van der Waals surface area (Å²) in [4.78, 5) is 11.5. The summed E-state index contributed by atoms with van der Waals surface area (Å²) in [5.74, 6) is -0.0988. The van der Waals surface area contributed by atoms with Gasteiger partial charge in [-0.05, 0) is 37.5 Å². The quantitative estimate of drug-likeness (QED) is 0.893. The van der Waals surface area contributed by atoms with Gasteiger partial charge < -0.3 is 11.1 Å². The third-order valence-corrected chi connectivity index (χ3v) is 3.54. The summed E-state index contributed by atoms with van der Waals surface area (Å²) in [5, 5.41) is 3.64. The van der Waals surface area contributed by atoms with Crippen molar-refractivity contribution >= 4 is 29.9 Å². The molecule has 3 N–H and O–H groups in total. The van der Waals surface area contributed by atoms with E-state index in [2.05, 4.69) is 11.4 Å². The van der Waals surface area contributed by atoms with Gasteiger partial charge in [-0.15, -0.1) is 12.4 Å². The second-order valence-corrected chi connectivity index (χ2v) is 5.23. The summed E-state index contributed by atoms with van der Waals surface area (Å²) in [6.07, 6.45) is 2.18. The van der Waals surface area contributed by atoms with Crippen molar-refractivity contribution in [2.45, 2.75) is 31.2 Å². The van der Waals surface area contributed by atoms with E-state index in [0.717, 1.165) is 17.9 Å². The van der Waals surface area contributed by atoms with E-state index in [1.165, 1.54) is 5.56 Å². The number of rotatable bonds is 4. The predicted molar refractivity (Wildman–Crippen MR) is 76.3 cm³/mol. The number of amides is 1. The minimum atomic E-state index is -0.454. The smallest absolute Gasteiger partial charge is 0.236 e. The fraction of sp³-hybridized carbons (Fsp3) is 0.462. The Morgan fingerprint density at radius 3 is 2.72 bits per heavy atom. The molecule has 5 heteroatoms. The van der Waals surface area contributed by atoms with Gasteiger partial charge in [0, 0.05) is 17.0 Å². The number of nitrogens with two attached hydrogens (primary N) is 1. The van der Waals surface area contributed by atoms with Crippen molar-refractivity contribution in [2.75, 3.05) is 6.54 Å². The Hall–Kier alpha value is -0.770. The molecule has 0 heterocycles. The summed E-state index contributed by atoms with van der Waals surface area (Å²) in [6.45, 7) is 2.34. The highest BCUT2D eigenvalue weighted by Gasteiger charge is 2.44. The van der Waals surface area contributed by atoms with Gasteiger partial charge in [0.1, 0.15) is 0 Å². The van der Waals surface area contributed by atoms with E-state index >= 15 is 0 Å². The Kier molecular flexibility index (Phi) is 5.02. The van der Waals surface area contributed by atoms with Crippen LogP contribution in [0.3, 0.4) is 0 Å². The van der Waals surface area contributed by atoms with E-state index in [9.17, 15) is 4.79 Å². The summed E-state index contributed by atoms with van der Waals surface area (Å²) < 4.78 is 0. The molecule has 3 nitrogen and oxygen atoms in total. The Labute approximate surface area is 118 Å². The molecule has 1 aromatic carbocycles. The molecule has 0 spiro atoms. The number of benzene rings is 1. The number of hydrogen-bond acceptors (Lipinski definition) is 2. The van der Waals surface area contributed by atoms with Crippen LogP contribution in [-0.2, 0) is 10.2 Å². The largest absolute Gasteiger partial charge is 0.354 e. The molecule has 100 valence electrons. The number of halogens is 2. The first-order valence-corrected chi connectivity index (χ1v) is 6.21. The zero-order valence-corrected chi connectivity index (χ0v) is 11.9. The minimum Gasteiger partial charge on any atom is -0.354 e. The van der Waals surface area contributed by atoms with Crippen molar-refractivity contribution in [1.29, 1.82) is 0 Å². The normalized spacial score (nSPS) is 17.5. The molecular weight excluding hydrogens is 271 g/mol. The Morgan fingerprint density at radius 2 is 2.22 bits per heavy atom. The van der Waals surface area contributed by atoms with Gasteiger partial charge >= 0.3 is 0 Å². The van der Waals surface area contributed by atoms with Gasteiger partial charge in [-0.1, -0.05) is 23.7 Å². The van der Waals surface area contributed by atoms with Crippen LogP contribution in [0.2, 0.25) is 5.02 Å². The van der Waals surface area contributed by atoms with Crippen LogP contribution in [-0.4, -0.2) is 18.5 Å². The molecule has 2 rings (SSSR count). The Balaban J connectivity index is 0.00000162. The van der Waals surface area contributed by atoms with Crippen LogP contribution in [0.4, 0.5) is 0 Å². The number of carbonyl (C=O) groups excluding carboxylic acids is 1. The van der Waals surface area contributed by atoms with Gasteiger partial charge in [0.05, 0.1) is 6.04 Å². The van der Waals surface area contributed by atoms with Gasteiger partial charge in [-0.25, -0.2) is 0 Å². The van der Waals surface area contributed by atoms with Crippen molar-refractivity contribution < 1.29 is 4.79 Å². The van der Waals surface area contributed by atoms with E-state index in [1.54, 1.807) is 6.92 Å². The van der Waals surface area contributed by atoms with E-state index in [1.807, 2.05) is 18.2 Å². The third-order valence-electron chi connectivity index (χ3n) is 3.31. The SMILES string of the molecule is C[C@@H](N)C(=O)NCC1(c2cccc(Cl)c2)CC1.Cl. The summed E-state index contributed by atoms with van der Waals surface area (Å²) >= 11 is 5.98. The monoisotopic (exact) mass is 288 g/mol. The molecule has 1 aliphatic rings. The molecule has 1 atom stereocenters. The maximum atomic E-state index is 11.5. The lowest BCUT2D eigenvalue weighted by Gasteiger charge is -2.17. The lowest BCUT2D eigenvalue weighted by molar-refractivity contribution is -0.122. The van der Waals surface area contributed by atoms with Crippen LogP contribution in [0.1, 0.15) is 25.3 Å². The molecule has 1 aromatic rings. The molecule has 0 saturated heterocycles. The van der Waals surface area contributed by atoms with Gasteiger partial charge in [0.2, 0.25) is 5.91 Å². The number of hydrogen-bond donors (Lipinski definition) is 2. The molecule has 0 aliphatic heterocycles. The van der Waals surface area contributed by atoms with Gasteiger partial charge in [-0.2, -0.15) is 0 Å². The average Bonchev–Trinajstić information content (AvgIpc) is 3.07. The zero-order chi connectivity index (χ0) is 12.5. The first-order chi connectivity index (χ1) is 8.03. The first-order valence-electron chi connectivity index (χ1n) is 5.83. The van der Waals surface area contributed by atoms with Crippen LogP contribution < -0.4 is 11.1 Å². The average molecular weight is 289 g/mol. The molecule has 0 unspecified atom stereocenters. The van der Waals surface area contributed by atoms with Gasteiger partial charge in [-0.3, -0.25) is 4.79 Å². The van der Waals surface area contributed by atoms with Gasteiger partial charge in [0.25, 0.3) is 0 Å². The topological polar surface area (TPSA) is 55.1 Å². The van der Waals surface area contributed by atoms with Crippen molar-refractivity contribution in [3.8, 4) is 0 Å². The molecule has 1 aliphatic carbocycles. The highest BCUT2D eigenvalue weighted by molar-refractivity contribution is 6.30. The maximum Gasteiger partial charge on any atom is 0.236 e. The zero-order valence-electron chi connectivity index (χ0n) is 10.3. The summed E-state index contributed by atoms with van der Waals surface area (Å²) in [7, 11) is 0. The molecule has 1 fully saturated rings. The van der Waals surface area contributed by atoms with Crippen molar-refractivity contribution in [2.24, 2.45) is 5.73 Å². The predicted octanol–water partition coefficient (Wildman–Crippen LogP) is 2.26.